The van der Waals surface area contributed by atoms with Gasteiger partial charge < -0.3 is 14.8 Å². The van der Waals surface area contributed by atoms with Crippen LogP contribution >= 0.6 is 0 Å². The minimum atomic E-state index is -0.547. The van der Waals surface area contributed by atoms with E-state index in [2.05, 4.69) is 19.2 Å². The second-order valence-corrected chi connectivity index (χ2v) is 6.40. The lowest BCUT2D eigenvalue weighted by atomic mass is 9.94. The van der Waals surface area contributed by atoms with E-state index in [-0.39, 0.29) is 18.6 Å². The van der Waals surface area contributed by atoms with E-state index in [0.29, 0.717) is 29.5 Å². The predicted octanol–water partition coefficient (Wildman–Crippen LogP) is 2.62. The highest BCUT2D eigenvalue weighted by atomic mass is 16.5. The van der Waals surface area contributed by atoms with Crippen LogP contribution in [0.3, 0.4) is 0 Å². The summed E-state index contributed by atoms with van der Waals surface area (Å²) in [5, 5.41) is 2.93. The topological polar surface area (TPSA) is 67.9 Å². The first-order chi connectivity index (χ1) is 11.5. The minimum absolute atomic E-state index is 0.144. The second-order valence-electron chi connectivity index (χ2n) is 6.40. The van der Waals surface area contributed by atoms with Crippen LogP contribution in [-0.2, 0) is 9.53 Å². The lowest BCUT2D eigenvalue weighted by Crippen LogP contribution is -2.47. The highest BCUT2D eigenvalue weighted by molar-refractivity contribution is 5.97. The van der Waals surface area contributed by atoms with Crippen molar-refractivity contribution in [1.82, 2.24) is 10.2 Å². The molecule has 0 saturated carbocycles. The third-order valence-corrected chi connectivity index (χ3v) is 4.38. The van der Waals surface area contributed by atoms with Crippen LogP contribution < -0.4 is 10.1 Å². The molecule has 0 radical (unpaired) electrons. The van der Waals surface area contributed by atoms with Gasteiger partial charge in [0.15, 0.2) is 0 Å². The van der Waals surface area contributed by atoms with Gasteiger partial charge in [-0.3, -0.25) is 4.90 Å². The average molecular weight is 330 g/mol. The molecule has 2 heterocycles. The monoisotopic (exact) mass is 330 g/mol. The third kappa shape index (κ3) is 2.84. The SMILES string of the molecule is COc1ccccc1C1NC(=O)N(CCC(C)C)C2=C1C(=O)OC2. The van der Waals surface area contributed by atoms with Gasteiger partial charge in [0.25, 0.3) is 0 Å². The number of para-hydroxylation sites is 1. The van der Waals surface area contributed by atoms with E-state index in [1.807, 2.05) is 24.3 Å². The molecule has 2 amide bonds. The Balaban J connectivity index is 2.01. The van der Waals surface area contributed by atoms with Gasteiger partial charge in [0.05, 0.1) is 24.4 Å². The molecule has 1 aromatic rings. The number of hydrogen-bond donors (Lipinski definition) is 1. The molecule has 6 heteroatoms. The minimum Gasteiger partial charge on any atom is -0.496 e. The van der Waals surface area contributed by atoms with Gasteiger partial charge in [0.2, 0.25) is 0 Å². The molecule has 128 valence electrons. The normalized spacial score (nSPS) is 20.2. The fraction of sp³-hybridized carbons (Fsp3) is 0.444. The molecular weight excluding hydrogens is 308 g/mol. The van der Waals surface area contributed by atoms with Crippen molar-refractivity contribution >= 4 is 12.0 Å². The van der Waals surface area contributed by atoms with Crippen molar-refractivity contribution in [3.05, 3.63) is 41.1 Å². The van der Waals surface area contributed by atoms with Crippen molar-refractivity contribution in [2.24, 2.45) is 5.92 Å². The predicted molar refractivity (Wildman–Crippen MR) is 88.4 cm³/mol. The Morgan fingerprint density at radius 3 is 2.79 bits per heavy atom. The van der Waals surface area contributed by atoms with Crippen LogP contribution in [0.25, 0.3) is 0 Å². The van der Waals surface area contributed by atoms with Crippen molar-refractivity contribution < 1.29 is 19.1 Å². The lowest BCUT2D eigenvalue weighted by Gasteiger charge is -2.33. The first-order valence-electron chi connectivity index (χ1n) is 8.14. The Kier molecular flexibility index (Phi) is 4.46. The van der Waals surface area contributed by atoms with Crippen molar-refractivity contribution in [3.63, 3.8) is 0 Å². The zero-order valence-corrected chi connectivity index (χ0v) is 14.2. The fourth-order valence-corrected chi connectivity index (χ4v) is 3.07. The van der Waals surface area contributed by atoms with E-state index in [0.717, 1.165) is 12.0 Å². The number of amides is 2. The van der Waals surface area contributed by atoms with Crippen molar-refractivity contribution in [1.29, 1.82) is 0 Å². The number of benzene rings is 1. The van der Waals surface area contributed by atoms with Crippen molar-refractivity contribution in [2.45, 2.75) is 26.3 Å². The van der Waals surface area contributed by atoms with Crippen LogP contribution in [-0.4, -0.2) is 37.2 Å². The zero-order valence-electron chi connectivity index (χ0n) is 14.2. The van der Waals surface area contributed by atoms with Gasteiger partial charge in [-0.25, -0.2) is 9.59 Å². The van der Waals surface area contributed by atoms with Crippen molar-refractivity contribution in [2.75, 3.05) is 20.3 Å². The summed E-state index contributed by atoms with van der Waals surface area (Å²) in [7, 11) is 1.57. The molecule has 24 heavy (non-hydrogen) atoms. The molecule has 3 rings (SSSR count). The largest absolute Gasteiger partial charge is 0.496 e. The molecule has 0 saturated heterocycles. The highest BCUT2D eigenvalue weighted by Crippen LogP contribution is 2.38. The highest BCUT2D eigenvalue weighted by Gasteiger charge is 2.42. The summed E-state index contributed by atoms with van der Waals surface area (Å²) in [6.45, 7) is 4.92. The number of carbonyl (C=O) groups excluding carboxylic acids is 2. The van der Waals surface area contributed by atoms with Crippen LogP contribution in [0.1, 0.15) is 31.9 Å². The van der Waals surface area contributed by atoms with E-state index in [4.69, 9.17) is 9.47 Å². The van der Waals surface area contributed by atoms with E-state index in [1.165, 1.54) is 0 Å². The summed E-state index contributed by atoms with van der Waals surface area (Å²) in [5.41, 5.74) is 1.92. The Bertz CT molecular complexity index is 696. The number of rotatable bonds is 5. The number of cyclic esters (lactones) is 1. The van der Waals surface area contributed by atoms with E-state index < -0.39 is 6.04 Å². The van der Waals surface area contributed by atoms with E-state index in [9.17, 15) is 9.59 Å². The summed E-state index contributed by atoms with van der Waals surface area (Å²) < 4.78 is 10.6. The molecule has 1 aromatic carbocycles. The Labute approximate surface area is 141 Å². The summed E-state index contributed by atoms with van der Waals surface area (Å²) >= 11 is 0. The first-order valence-corrected chi connectivity index (χ1v) is 8.14. The summed E-state index contributed by atoms with van der Waals surface area (Å²) in [6.07, 6.45) is 0.859. The third-order valence-electron chi connectivity index (χ3n) is 4.38. The molecule has 2 aliphatic heterocycles. The van der Waals surface area contributed by atoms with Gasteiger partial charge >= 0.3 is 12.0 Å². The summed E-state index contributed by atoms with van der Waals surface area (Å²) in [4.78, 5) is 26.5. The number of ether oxygens (including phenoxy) is 2. The number of nitrogens with one attached hydrogen (secondary N) is 1. The summed E-state index contributed by atoms with van der Waals surface area (Å²) in [5.74, 6) is 0.715. The van der Waals surface area contributed by atoms with Gasteiger partial charge in [-0.05, 0) is 18.4 Å². The first kappa shape index (κ1) is 16.4. The summed E-state index contributed by atoms with van der Waals surface area (Å²) in [6, 6.07) is 6.62. The Morgan fingerprint density at radius 2 is 2.08 bits per heavy atom. The molecule has 0 fully saturated rings. The molecule has 1 unspecified atom stereocenters. The molecule has 6 nitrogen and oxygen atoms in total. The quantitative estimate of drug-likeness (QED) is 0.843. The Morgan fingerprint density at radius 1 is 1.33 bits per heavy atom. The van der Waals surface area contributed by atoms with Gasteiger partial charge in [0, 0.05) is 12.1 Å². The van der Waals surface area contributed by atoms with Crippen LogP contribution in [0.5, 0.6) is 5.75 Å². The molecule has 1 atom stereocenters. The molecule has 2 aliphatic rings. The zero-order chi connectivity index (χ0) is 17.3. The fourth-order valence-electron chi connectivity index (χ4n) is 3.07. The van der Waals surface area contributed by atoms with Gasteiger partial charge in [-0.1, -0.05) is 32.0 Å². The lowest BCUT2D eigenvalue weighted by molar-refractivity contribution is -0.136. The molecular formula is C18H22N2O4. The number of methoxy groups -OCH3 is 1. The maximum atomic E-state index is 12.6. The number of hydrogen-bond acceptors (Lipinski definition) is 4. The smallest absolute Gasteiger partial charge is 0.338 e. The van der Waals surface area contributed by atoms with Crippen molar-refractivity contribution in [3.8, 4) is 5.75 Å². The maximum Gasteiger partial charge on any atom is 0.338 e. The second kappa shape index (κ2) is 6.55. The van der Waals surface area contributed by atoms with Crippen LogP contribution in [0.4, 0.5) is 4.79 Å². The molecule has 0 spiro atoms. The standard InChI is InChI=1S/C18H22N2O4/c1-11(2)8-9-20-13-10-24-17(21)15(13)16(19-18(20)22)12-6-4-5-7-14(12)23-3/h4-7,11,16H,8-10H2,1-3H3,(H,19,22). The van der Waals surface area contributed by atoms with E-state index >= 15 is 0 Å². The number of urea groups is 1. The average Bonchev–Trinajstić information content (AvgIpc) is 2.95. The van der Waals surface area contributed by atoms with Crippen LogP contribution in [0.2, 0.25) is 0 Å². The van der Waals surface area contributed by atoms with Gasteiger partial charge in [-0.15, -0.1) is 0 Å². The van der Waals surface area contributed by atoms with E-state index in [1.54, 1.807) is 12.0 Å². The Hall–Kier alpha value is -2.50. The maximum absolute atomic E-state index is 12.6. The van der Waals surface area contributed by atoms with Gasteiger partial charge in [-0.2, -0.15) is 0 Å². The number of esters is 1. The molecule has 0 aromatic heterocycles. The number of nitrogens with zero attached hydrogens (tertiary/aromatic N) is 1. The van der Waals surface area contributed by atoms with Gasteiger partial charge in [0.1, 0.15) is 12.4 Å². The molecule has 1 N–H and O–H groups in total. The van der Waals surface area contributed by atoms with Crippen LogP contribution in [0.15, 0.2) is 35.5 Å². The van der Waals surface area contributed by atoms with Crippen LogP contribution in [0, 0.1) is 5.92 Å². The number of carbonyl (C=O) groups is 2. The molecule has 0 bridgehead atoms. The molecule has 0 aliphatic carbocycles.